The summed E-state index contributed by atoms with van der Waals surface area (Å²) in [6, 6.07) is 4.01. The van der Waals surface area contributed by atoms with Gasteiger partial charge in [0.1, 0.15) is 5.75 Å². The van der Waals surface area contributed by atoms with Crippen molar-refractivity contribution in [2.75, 3.05) is 13.7 Å². The largest absolute Gasteiger partial charge is 0.480 e. The second-order valence-electron chi connectivity index (χ2n) is 5.31. The molecule has 1 rings (SSSR count). The third kappa shape index (κ3) is 5.53. The fourth-order valence-electron chi connectivity index (χ4n) is 1.42. The van der Waals surface area contributed by atoms with E-state index in [1.54, 1.807) is 20.8 Å². The van der Waals surface area contributed by atoms with Crippen molar-refractivity contribution in [2.24, 2.45) is 0 Å². The summed E-state index contributed by atoms with van der Waals surface area (Å²) >= 11 is 5.96. The van der Waals surface area contributed by atoms with E-state index in [1.165, 1.54) is 25.3 Å². The van der Waals surface area contributed by atoms with Crippen LogP contribution in [0, 0.1) is 0 Å². The Kier molecular flexibility index (Phi) is 5.61. The van der Waals surface area contributed by atoms with Gasteiger partial charge < -0.3 is 9.47 Å². The maximum absolute atomic E-state index is 12.1. The van der Waals surface area contributed by atoms with E-state index < -0.39 is 21.5 Å². The zero-order valence-electron chi connectivity index (χ0n) is 12.3. The molecule has 1 N–H and O–H groups in total. The highest BCUT2D eigenvalue weighted by Gasteiger charge is 2.22. The normalized spacial score (nSPS) is 12.0. The van der Waals surface area contributed by atoms with E-state index in [0.29, 0.717) is 0 Å². The van der Waals surface area contributed by atoms with Crippen molar-refractivity contribution >= 4 is 27.6 Å². The number of sulfonamides is 1. The summed E-state index contributed by atoms with van der Waals surface area (Å²) in [7, 11) is -2.44. The summed E-state index contributed by atoms with van der Waals surface area (Å²) in [6.45, 7) is 4.91. The van der Waals surface area contributed by atoms with Crippen molar-refractivity contribution in [1.82, 2.24) is 4.72 Å². The van der Waals surface area contributed by atoms with Crippen LogP contribution in [0.3, 0.4) is 0 Å². The second-order valence-corrected chi connectivity index (χ2v) is 7.40. The first-order valence-corrected chi connectivity index (χ1v) is 7.94. The molecule has 1 aromatic rings. The van der Waals surface area contributed by atoms with Crippen molar-refractivity contribution < 1.29 is 22.7 Å². The molecule has 21 heavy (non-hydrogen) atoms. The van der Waals surface area contributed by atoms with Gasteiger partial charge in [-0.3, -0.25) is 0 Å². The van der Waals surface area contributed by atoms with Crippen molar-refractivity contribution in [3.63, 3.8) is 0 Å². The molecule has 0 fully saturated rings. The van der Waals surface area contributed by atoms with Crippen molar-refractivity contribution in [1.29, 1.82) is 0 Å². The number of esters is 1. The number of carbonyl (C=O) groups is 1. The number of benzene rings is 1. The highest BCUT2D eigenvalue weighted by Crippen LogP contribution is 2.27. The third-order valence-corrected chi connectivity index (χ3v) is 4.28. The fraction of sp³-hybridized carbons (Fsp3) is 0.462. The number of ether oxygens (including phenoxy) is 2. The number of carbonyl (C=O) groups excluding carboxylic acids is 1. The van der Waals surface area contributed by atoms with E-state index in [0.717, 1.165) is 0 Å². The molecule has 0 unspecified atom stereocenters. The molecular formula is C13H18ClNO5S. The van der Waals surface area contributed by atoms with Crippen LogP contribution in [0.5, 0.6) is 5.75 Å². The minimum atomic E-state index is -3.67. The van der Waals surface area contributed by atoms with Gasteiger partial charge in [0, 0.05) is 5.54 Å². The minimum Gasteiger partial charge on any atom is -0.480 e. The standard InChI is InChI=1S/C13H18ClNO5S/c1-13(2,3)15-21(17,18)9-5-6-11(10(14)7-9)20-8-12(16)19-4/h5-7,15H,8H2,1-4H3. The van der Waals surface area contributed by atoms with Crippen LogP contribution >= 0.6 is 11.6 Å². The third-order valence-electron chi connectivity index (χ3n) is 2.23. The number of rotatable bonds is 5. The number of nitrogens with one attached hydrogen (secondary N) is 1. The van der Waals surface area contributed by atoms with Gasteiger partial charge in [0.15, 0.2) is 6.61 Å². The van der Waals surface area contributed by atoms with E-state index in [-0.39, 0.29) is 22.3 Å². The number of hydrogen-bond donors (Lipinski definition) is 1. The van der Waals surface area contributed by atoms with Crippen LogP contribution in [0.2, 0.25) is 5.02 Å². The summed E-state index contributed by atoms with van der Waals surface area (Å²) in [6.07, 6.45) is 0. The van der Waals surface area contributed by atoms with Crippen molar-refractivity contribution in [3.8, 4) is 5.75 Å². The van der Waals surface area contributed by atoms with Gasteiger partial charge in [-0.1, -0.05) is 11.6 Å². The molecule has 118 valence electrons. The van der Waals surface area contributed by atoms with E-state index >= 15 is 0 Å². The van der Waals surface area contributed by atoms with E-state index in [1.807, 2.05) is 0 Å². The lowest BCUT2D eigenvalue weighted by Gasteiger charge is -2.20. The summed E-state index contributed by atoms with van der Waals surface area (Å²) in [5.74, 6) is -0.353. The van der Waals surface area contributed by atoms with Gasteiger partial charge in [0.05, 0.1) is 17.0 Å². The van der Waals surface area contributed by atoms with Crippen LogP contribution in [-0.4, -0.2) is 33.6 Å². The number of methoxy groups -OCH3 is 1. The van der Waals surface area contributed by atoms with E-state index in [2.05, 4.69) is 9.46 Å². The van der Waals surface area contributed by atoms with Gasteiger partial charge in [-0.25, -0.2) is 17.9 Å². The molecule has 0 spiro atoms. The van der Waals surface area contributed by atoms with Gasteiger partial charge in [0.2, 0.25) is 10.0 Å². The summed E-state index contributed by atoms with van der Waals surface area (Å²) in [4.78, 5) is 11.0. The Morgan fingerprint density at radius 1 is 1.33 bits per heavy atom. The average Bonchev–Trinajstić information content (AvgIpc) is 2.33. The Morgan fingerprint density at radius 3 is 2.43 bits per heavy atom. The Labute approximate surface area is 129 Å². The molecule has 0 saturated heterocycles. The predicted molar refractivity (Wildman–Crippen MR) is 79.0 cm³/mol. The van der Waals surface area contributed by atoms with Gasteiger partial charge in [-0.2, -0.15) is 0 Å². The topological polar surface area (TPSA) is 81.7 Å². The van der Waals surface area contributed by atoms with Crippen molar-refractivity contribution in [2.45, 2.75) is 31.2 Å². The molecule has 0 bridgehead atoms. The minimum absolute atomic E-state index is 0.0212. The summed E-state index contributed by atoms with van der Waals surface area (Å²) < 4.78 is 36.4. The van der Waals surface area contributed by atoms with E-state index in [4.69, 9.17) is 16.3 Å². The van der Waals surface area contributed by atoms with Crippen LogP contribution in [0.25, 0.3) is 0 Å². The van der Waals surface area contributed by atoms with Crippen LogP contribution in [0.1, 0.15) is 20.8 Å². The lowest BCUT2D eigenvalue weighted by Crippen LogP contribution is -2.40. The van der Waals surface area contributed by atoms with Gasteiger partial charge in [-0.15, -0.1) is 0 Å². The average molecular weight is 336 g/mol. The first-order valence-electron chi connectivity index (χ1n) is 6.08. The highest BCUT2D eigenvalue weighted by atomic mass is 35.5. The SMILES string of the molecule is COC(=O)COc1ccc(S(=O)(=O)NC(C)(C)C)cc1Cl. The summed E-state index contributed by atoms with van der Waals surface area (Å²) in [5, 5.41) is 0.0932. The van der Waals surface area contributed by atoms with Crippen LogP contribution in [0.4, 0.5) is 0 Å². The molecule has 0 aliphatic rings. The molecule has 6 nitrogen and oxygen atoms in total. The Morgan fingerprint density at radius 2 is 1.95 bits per heavy atom. The van der Waals surface area contributed by atoms with Crippen molar-refractivity contribution in [3.05, 3.63) is 23.2 Å². The number of halogens is 1. The first-order chi connectivity index (χ1) is 9.55. The smallest absolute Gasteiger partial charge is 0.343 e. The highest BCUT2D eigenvalue weighted by molar-refractivity contribution is 7.89. The predicted octanol–water partition coefficient (Wildman–Crippen LogP) is 1.97. The maximum Gasteiger partial charge on any atom is 0.343 e. The fourth-order valence-corrected chi connectivity index (χ4v) is 3.17. The van der Waals surface area contributed by atoms with Crippen LogP contribution in [0.15, 0.2) is 23.1 Å². The number of hydrogen-bond acceptors (Lipinski definition) is 5. The van der Waals surface area contributed by atoms with Gasteiger partial charge in [-0.05, 0) is 39.0 Å². The molecule has 0 saturated carbocycles. The lowest BCUT2D eigenvalue weighted by atomic mass is 10.1. The first kappa shape index (κ1) is 17.7. The molecule has 0 heterocycles. The molecular weight excluding hydrogens is 318 g/mol. The Balaban J connectivity index is 2.94. The lowest BCUT2D eigenvalue weighted by molar-refractivity contribution is -0.142. The molecule has 1 aromatic carbocycles. The van der Waals surface area contributed by atoms with Gasteiger partial charge >= 0.3 is 5.97 Å². The Hall–Kier alpha value is -1.31. The molecule has 0 aliphatic carbocycles. The molecule has 0 radical (unpaired) electrons. The molecule has 0 amide bonds. The molecule has 0 aromatic heterocycles. The second kappa shape index (κ2) is 6.64. The maximum atomic E-state index is 12.1. The zero-order valence-corrected chi connectivity index (χ0v) is 13.8. The Bertz CT molecular complexity index is 622. The summed E-state index contributed by atoms with van der Waals surface area (Å²) in [5.41, 5.74) is -0.606. The van der Waals surface area contributed by atoms with Crippen LogP contribution < -0.4 is 9.46 Å². The van der Waals surface area contributed by atoms with Crippen LogP contribution in [-0.2, 0) is 19.6 Å². The molecule has 0 aliphatic heterocycles. The van der Waals surface area contributed by atoms with Gasteiger partial charge in [0.25, 0.3) is 0 Å². The monoisotopic (exact) mass is 335 g/mol. The van der Waals surface area contributed by atoms with E-state index in [9.17, 15) is 13.2 Å². The zero-order chi connectivity index (χ0) is 16.3. The molecule has 8 heteroatoms. The molecule has 0 atom stereocenters. The quantitative estimate of drug-likeness (QED) is 0.832.